The molecular formula is C26H32N8O. The van der Waals surface area contributed by atoms with E-state index in [1.807, 2.05) is 17.9 Å². The standard InChI is InChI=1S/C26H32N8O/c1-16-28-23(32-24(29-16)33-11-7-8-12-33)31-22-19-15-34(26(2,3)20(19)14-27-22)25(35)30-21-13-18(21)17-9-5-4-6-10-17/h4-6,9-10,18,21H,7-8,11-15H2,1-3H3,(H,30,35)(H,27,28,29,31,32). The molecule has 2 atom stereocenters. The number of hydrogen-bond acceptors (Lipinski definition) is 7. The van der Waals surface area contributed by atoms with Gasteiger partial charge in [-0.05, 0) is 51.2 Å². The van der Waals surface area contributed by atoms with Crippen molar-refractivity contribution in [3.63, 3.8) is 0 Å². The van der Waals surface area contributed by atoms with Crippen molar-refractivity contribution in [2.24, 2.45) is 4.99 Å². The minimum Gasteiger partial charge on any atom is -0.341 e. The number of hydrogen-bond donors (Lipinski definition) is 2. The molecule has 2 unspecified atom stereocenters. The molecule has 4 heterocycles. The first-order valence-corrected chi connectivity index (χ1v) is 12.6. The molecule has 35 heavy (non-hydrogen) atoms. The van der Waals surface area contributed by atoms with Gasteiger partial charge >= 0.3 is 6.03 Å². The van der Waals surface area contributed by atoms with Crippen molar-refractivity contribution in [2.45, 2.75) is 57.5 Å². The Kier molecular flexibility index (Phi) is 5.23. The van der Waals surface area contributed by atoms with Crippen LogP contribution in [0.25, 0.3) is 0 Å². The number of rotatable bonds is 4. The van der Waals surface area contributed by atoms with Gasteiger partial charge in [0, 0.05) is 30.6 Å². The fourth-order valence-electron chi connectivity index (χ4n) is 5.53. The molecule has 2 aromatic rings. The van der Waals surface area contributed by atoms with Crippen LogP contribution in [-0.4, -0.2) is 69.5 Å². The number of anilines is 2. The van der Waals surface area contributed by atoms with E-state index in [4.69, 9.17) is 4.99 Å². The SMILES string of the molecule is Cc1nc(NC2=NCC3=C2CN(C(=O)NC2CC2c2ccccc2)C3(C)C)nc(N2CCCC2)n1. The number of benzene rings is 1. The van der Waals surface area contributed by atoms with Crippen LogP contribution >= 0.6 is 0 Å². The monoisotopic (exact) mass is 472 g/mol. The topological polar surface area (TPSA) is 98.6 Å². The third-order valence-electron chi connectivity index (χ3n) is 7.70. The van der Waals surface area contributed by atoms with E-state index in [0.717, 1.165) is 49.7 Å². The van der Waals surface area contributed by atoms with Gasteiger partial charge in [0.1, 0.15) is 11.7 Å². The molecule has 2 amide bonds. The van der Waals surface area contributed by atoms with E-state index in [9.17, 15) is 4.79 Å². The second kappa shape index (κ2) is 8.32. The van der Waals surface area contributed by atoms with Crippen molar-refractivity contribution < 1.29 is 4.79 Å². The summed E-state index contributed by atoms with van der Waals surface area (Å²) in [5, 5.41) is 6.60. The van der Waals surface area contributed by atoms with Gasteiger partial charge in [-0.2, -0.15) is 15.0 Å². The third kappa shape index (κ3) is 4.02. The van der Waals surface area contributed by atoms with Crippen LogP contribution in [0.2, 0.25) is 0 Å². The lowest BCUT2D eigenvalue weighted by Crippen LogP contribution is -2.51. The molecular weight excluding hydrogens is 440 g/mol. The van der Waals surface area contributed by atoms with Crippen LogP contribution in [0.3, 0.4) is 0 Å². The Labute approximate surface area is 205 Å². The number of amides is 2. The highest BCUT2D eigenvalue weighted by molar-refractivity contribution is 6.11. The maximum absolute atomic E-state index is 13.3. The Morgan fingerprint density at radius 2 is 1.86 bits per heavy atom. The smallest absolute Gasteiger partial charge is 0.318 e. The van der Waals surface area contributed by atoms with Crippen LogP contribution in [0.15, 0.2) is 46.5 Å². The van der Waals surface area contributed by atoms with Crippen molar-refractivity contribution in [1.29, 1.82) is 0 Å². The molecule has 2 fully saturated rings. The largest absolute Gasteiger partial charge is 0.341 e. The summed E-state index contributed by atoms with van der Waals surface area (Å²) in [4.78, 5) is 35.9. The summed E-state index contributed by atoms with van der Waals surface area (Å²) in [6.07, 6.45) is 3.32. The molecule has 1 saturated carbocycles. The fourth-order valence-corrected chi connectivity index (χ4v) is 5.53. The summed E-state index contributed by atoms with van der Waals surface area (Å²) in [6.45, 7) is 9.15. The van der Waals surface area contributed by atoms with Crippen LogP contribution < -0.4 is 15.5 Å². The lowest BCUT2D eigenvalue weighted by molar-refractivity contribution is 0.170. The van der Waals surface area contributed by atoms with E-state index in [-0.39, 0.29) is 12.1 Å². The number of aliphatic imine (C=N–C) groups is 1. The second-order valence-corrected chi connectivity index (χ2v) is 10.4. The van der Waals surface area contributed by atoms with Gasteiger partial charge in [-0.25, -0.2) is 4.79 Å². The van der Waals surface area contributed by atoms with Crippen LogP contribution in [0, 0.1) is 6.92 Å². The van der Waals surface area contributed by atoms with Gasteiger partial charge in [0.2, 0.25) is 11.9 Å². The number of nitrogens with zero attached hydrogens (tertiary/aromatic N) is 6. The van der Waals surface area contributed by atoms with E-state index in [2.05, 4.69) is 68.6 Å². The van der Waals surface area contributed by atoms with Crippen molar-refractivity contribution in [1.82, 2.24) is 25.2 Å². The molecule has 3 aliphatic heterocycles. The summed E-state index contributed by atoms with van der Waals surface area (Å²) >= 11 is 0. The first kappa shape index (κ1) is 22.0. The molecule has 4 aliphatic rings. The molecule has 1 aliphatic carbocycles. The number of urea groups is 1. The number of carbonyl (C=O) groups is 1. The maximum Gasteiger partial charge on any atom is 0.318 e. The molecule has 1 aromatic heterocycles. The van der Waals surface area contributed by atoms with Crippen molar-refractivity contribution >= 4 is 23.8 Å². The molecule has 9 heteroatoms. The minimum atomic E-state index is -0.404. The Morgan fingerprint density at radius 1 is 1.09 bits per heavy atom. The van der Waals surface area contributed by atoms with Crippen LogP contribution in [0.5, 0.6) is 0 Å². The van der Waals surface area contributed by atoms with E-state index >= 15 is 0 Å². The Balaban J connectivity index is 1.14. The van der Waals surface area contributed by atoms with Gasteiger partial charge in [-0.1, -0.05) is 30.3 Å². The van der Waals surface area contributed by atoms with Crippen LogP contribution in [0.4, 0.5) is 16.7 Å². The highest BCUT2D eigenvalue weighted by atomic mass is 16.2. The quantitative estimate of drug-likeness (QED) is 0.709. The summed E-state index contributed by atoms with van der Waals surface area (Å²) < 4.78 is 0. The van der Waals surface area contributed by atoms with Gasteiger partial charge in [-0.3, -0.25) is 4.99 Å². The summed E-state index contributed by atoms with van der Waals surface area (Å²) in [7, 11) is 0. The molecule has 1 aromatic carbocycles. The van der Waals surface area contributed by atoms with Crippen molar-refractivity contribution in [3.05, 3.63) is 52.9 Å². The average Bonchev–Trinajstić information content (AvgIpc) is 3.17. The van der Waals surface area contributed by atoms with Gasteiger partial charge in [0.15, 0.2) is 0 Å². The predicted octanol–water partition coefficient (Wildman–Crippen LogP) is 3.26. The highest BCUT2D eigenvalue weighted by Gasteiger charge is 2.47. The lowest BCUT2D eigenvalue weighted by Gasteiger charge is -2.34. The Bertz CT molecular complexity index is 1220. The van der Waals surface area contributed by atoms with E-state index in [1.54, 1.807) is 0 Å². The third-order valence-corrected chi connectivity index (χ3v) is 7.70. The van der Waals surface area contributed by atoms with Gasteiger partial charge in [0.25, 0.3) is 0 Å². The molecule has 0 spiro atoms. The molecule has 182 valence electrons. The van der Waals surface area contributed by atoms with Gasteiger partial charge in [-0.15, -0.1) is 0 Å². The lowest BCUT2D eigenvalue weighted by atomic mass is 9.94. The number of carbonyl (C=O) groups excluding carboxylic acids is 1. The summed E-state index contributed by atoms with van der Waals surface area (Å²) in [6, 6.07) is 10.6. The summed E-state index contributed by atoms with van der Waals surface area (Å²) in [5.41, 5.74) is 3.13. The highest BCUT2D eigenvalue weighted by Crippen LogP contribution is 2.42. The molecule has 0 radical (unpaired) electrons. The second-order valence-electron chi connectivity index (χ2n) is 10.4. The number of amidine groups is 1. The number of nitrogens with one attached hydrogen (secondary N) is 2. The van der Waals surface area contributed by atoms with Crippen LogP contribution in [-0.2, 0) is 0 Å². The number of aromatic nitrogens is 3. The molecule has 0 bridgehead atoms. The predicted molar refractivity (Wildman–Crippen MR) is 136 cm³/mol. The van der Waals surface area contributed by atoms with Gasteiger partial charge in [0.05, 0.1) is 18.6 Å². The van der Waals surface area contributed by atoms with Crippen molar-refractivity contribution in [2.75, 3.05) is 36.4 Å². The van der Waals surface area contributed by atoms with Crippen molar-refractivity contribution in [3.8, 4) is 0 Å². The summed E-state index contributed by atoms with van der Waals surface area (Å²) in [5.74, 6) is 3.07. The average molecular weight is 473 g/mol. The van der Waals surface area contributed by atoms with Gasteiger partial charge < -0.3 is 20.4 Å². The molecule has 2 N–H and O–H groups in total. The Morgan fingerprint density at radius 3 is 2.63 bits per heavy atom. The zero-order valence-corrected chi connectivity index (χ0v) is 20.6. The first-order valence-electron chi connectivity index (χ1n) is 12.6. The van der Waals surface area contributed by atoms with Crippen LogP contribution in [0.1, 0.15) is 50.4 Å². The normalized spacial score (nSPS) is 24.5. The maximum atomic E-state index is 13.3. The first-order chi connectivity index (χ1) is 16.9. The zero-order chi connectivity index (χ0) is 24.2. The molecule has 6 rings (SSSR count). The zero-order valence-electron chi connectivity index (χ0n) is 20.6. The fraction of sp³-hybridized carbons (Fsp3) is 0.500. The van der Waals surface area contributed by atoms with E-state index < -0.39 is 5.54 Å². The minimum absolute atomic E-state index is 0.0143. The van der Waals surface area contributed by atoms with E-state index in [0.29, 0.717) is 30.8 Å². The molecule has 1 saturated heterocycles. The number of aryl methyl sites for hydroxylation is 1. The van der Waals surface area contributed by atoms with E-state index in [1.165, 1.54) is 11.1 Å². The molecule has 9 nitrogen and oxygen atoms in total. The Hall–Kier alpha value is -3.49.